The Morgan fingerprint density at radius 2 is 2.30 bits per heavy atom. The summed E-state index contributed by atoms with van der Waals surface area (Å²) in [6.07, 6.45) is 1.97. The highest BCUT2D eigenvalue weighted by atomic mass is 79.9. The zero-order valence-corrected chi connectivity index (χ0v) is 12.7. The molecule has 1 N–H and O–H groups in total. The topological polar surface area (TPSA) is 75.5 Å². The minimum atomic E-state index is -0.490. The van der Waals surface area contributed by atoms with Gasteiger partial charge in [-0.15, -0.1) is 0 Å². The van der Waals surface area contributed by atoms with Gasteiger partial charge in [0.15, 0.2) is 0 Å². The molecule has 0 spiro atoms. The van der Waals surface area contributed by atoms with Crippen LogP contribution in [0.3, 0.4) is 0 Å². The Kier molecular flexibility index (Phi) is 4.72. The number of carbonyl (C=O) groups excluding carboxylic acids is 1. The van der Waals surface area contributed by atoms with Crippen molar-refractivity contribution < 1.29 is 9.72 Å². The van der Waals surface area contributed by atoms with Crippen LogP contribution < -0.4 is 5.32 Å². The largest absolute Gasteiger partial charge is 0.337 e. The third-order valence-electron chi connectivity index (χ3n) is 3.51. The number of non-ortho nitro benzene ring substituents is 1. The van der Waals surface area contributed by atoms with Crippen LogP contribution in [0, 0.1) is 10.1 Å². The first-order valence-electron chi connectivity index (χ1n) is 6.43. The van der Waals surface area contributed by atoms with Crippen molar-refractivity contribution in [3.05, 3.63) is 38.3 Å². The van der Waals surface area contributed by atoms with E-state index in [-0.39, 0.29) is 17.6 Å². The van der Waals surface area contributed by atoms with Crippen LogP contribution in [0.25, 0.3) is 0 Å². The second-order valence-electron chi connectivity index (χ2n) is 4.80. The maximum absolute atomic E-state index is 12.5. The van der Waals surface area contributed by atoms with Crippen molar-refractivity contribution in [1.82, 2.24) is 10.2 Å². The molecule has 1 heterocycles. The van der Waals surface area contributed by atoms with Gasteiger partial charge in [0, 0.05) is 35.7 Å². The van der Waals surface area contributed by atoms with Gasteiger partial charge in [0.2, 0.25) is 0 Å². The van der Waals surface area contributed by atoms with Gasteiger partial charge < -0.3 is 10.2 Å². The number of hydrogen-bond donors (Lipinski definition) is 1. The van der Waals surface area contributed by atoms with Crippen molar-refractivity contribution in [1.29, 1.82) is 0 Å². The molecule has 1 unspecified atom stereocenters. The van der Waals surface area contributed by atoms with Crippen molar-refractivity contribution in [3.63, 3.8) is 0 Å². The molecule has 1 aliphatic heterocycles. The predicted octanol–water partition coefficient (Wildman–Crippen LogP) is 2.18. The first-order valence-corrected chi connectivity index (χ1v) is 7.22. The van der Waals surface area contributed by atoms with Crippen molar-refractivity contribution in [2.45, 2.75) is 18.9 Å². The van der Waals surface area contributed by atoms with Crippen LogP contribution in [0.15, 0.2) is 22.7 Å². The van der Waals surface area contributed by atoms with Gasteiger partial charge >= 0.3 is 0 Å². The van der Waals surface area contributed by atoms with E-state index in [4.69, 9.17) is 0 Å². The van der Waals surface area contributed by atoms with Gasteiger partial charge in [0.1, 0.15) is 0 Å². The van der Waals surface area contributed by atoms with E-state index in [1.807, 2.05) is 7.05 Å². The van der Waals surface area contributed by atoms with E-state index in [1.54, 1.807) is 11.0 Å². The van der Waals surface area contributed by atoms with E-state index >= 15 is 0 Å². The SMILES string of the molecule is CNC1CCCN(C(=O)c2cc([N+](=O)[O-])ccc2Br)C1. The Morgan fingerprint density at radius 3 is 2.95 bits per heavy atom. The lowest BCUT2D eigenvalue weighted by molar-refractivity contribution is -0.384. The summed E-state index contributed by atoms with van der Waals surface area (Å²) >= 11 is 3.29. The summed E-state index contributed by atoms with van der Waals surface area (Å²) in [6.45, 7) is 1.32. The maximum atomic E-state index is 12.5. The summed E-state index contributed by atoms with van der Waals surface area (Å²) in [7, 11) is 1.88. The molecule has 1 aromatic rings. The van der Waals surface area contributed by atoms with Gasteiger partial charge in [-0.3, -0.25) is 14.9 Å². The van der Waals surface area contributed by atoms with Gasteiger partial charge in [0.05, 0.1) is 10.5 Å². The molecule has 1 aliphatic rings. The van der Waals surface area contributed by atoms with Crippen LogP contribution in [-0.4, -0.2) is 41.9 Å². The average molecular weight is 342 g/mol. The van der Waals surface area contributed by atoms with E-state index in [2.05, 4.69) is 21.2 Å². The number of carbonyl (C=O) groups is 1. The molecule has 108 valence electrons. The van der Waals surface area contributed by atoms with Crippen LogP contribution >= 0.6 is 15.9 Å². The molecular formula is C13H16BrN3O3. The van der Waals surface area contributed by atoms with E-state index in [1.165, 1.54) is 12.1 Å². The van der Waals surface area contributed by atoms with Crippen molar-refractivity contribution in [3.8, 4) is 0 Å². The zero-order valence-electron chi connectivity index (χ0n) is 11.1. The second-order valence-corrected chi connectivity index (χ2v) is 5.65. The molecule has 0 saturated carbocycles. The molecule has 0 aromatic heterocycles. The monoisotopic (exact) mass is 341 g/mol. The number of amides is 1. The number of likely N-dealkylation sites (tertiary alicyclic amines) is 1. The summed E-state index contributed by atoms with van der Waals surface area (Å²) in [5, 5.41) is 14.0. The van der Waals surface area contributed by atoms with Gasteiger partial charge in [-0.25, -0.2) is 0 Å². The highest BCUT2D eigenvalue weighted by Crippen LogP contribution is 2.25. The number of nitro groups is 1. The number of hydrogen-bond acceptors (Lipinski definition) is 4. The predicted molar refractivity (Wildman–Crippen MR) is 78.8 cm³/mol. The average Bonchev–Trinajstić information content (AvgIpc) is 2.46. The molecule has 2 rings (SSSR count). The zero-order chi connectivity index (χ0) is 14.7. The first kappa shape index (κ1) is 14.9. The van der Waals surface area contributed by atoms with Crippen LogP contribution in [0.1, 0.15) is 23.2 Å². The Bertz CT molecular complexity index is 536. The van der Waals surface area contributed by atoms with E-state index in [0.717, 1.165) is 12.8 Å². The fourth-order valence-corrected chi connectivity index (χ4v) is 2.77. The number of halogens is 1. The minimum Gasteiger partial charge on any atom is -0.337 e. The lowest BCUT2D eigenvalue weighted by atomic mass is 10.0. The number of nitro benzene ring substituents is 1. The molecule has 1 atom stereocenters. The Morgan fingerprint density at radius 1 is 1.55 bits per heavy atom. The quantitative estimate of drug-likeness (QED) is 0.675. The van der Waals surface area contributed by atoms with Gasteiger partial charge in [-0.05, 0) is 41.9 Å². The number of rotatable bonds is 3. The fraction of sp³-hybridized carbons (Fsp3) is 0.462. The molecule has 0 radical (unpaired) electrons. The smallest absolute Gasteiger partial charge is 0.270 e. The molecular weight excluding hydrogens is 326 g/mol. The van der Waals surface area contributed by atoms with Crippen molar-refractivity contribution in [2.24, 2.45) is 0 Å². The van der Waals surface area contributed by atoms with E-state index < -0.39 is 4.92 Å². The summed E-state index contributed by atoms with van der Waals surface area (Å²) in [5.41, 5.74) is 0.273. The van der Waals surface area contributed by atoms with Gasteiger partial charge in [-0.1, -0.05) is 0 Å². The standard InChI is InChI=1S/C13H16BrN3O3/c1-15-9-3-2-6-16(8-9)13(18)11-7-10(17(19)20)4-5-12(11)14/h4-5,7,9,15H,2-3,6,8H2,1H3. The Balaban J connectivity index is 2.24. The summed E-state index contributed by atoms with van der Waals surface area (Å²) in [5.74, 6) is -0.166. The number of nitrogens with zero attached hydrogens (tertiary/aromatic N) is 2. The van der Waals surface area contributed by atoms with Crippen LogP contribution in [0.5, 0.6) is 0 Å². The second kappa shape index (κ2) is 6.32. The lowest BCUT2D eigenvalue weighted by Crippen LogP contribution is -2.47. The number of likely N-dealkylation sites (N-methyl/N-ethyl adjacent to an activating group) is 1. The highest BCUT2D eigenvalue weighted by Gasteiger charge is 2.25. The van der Waals surface area contributed by atoms with Crippen LogP contribution in [-0.2, 0) is 0 Å². The summed E-state index contributed by atoms with van der Waals surface area (Å²) in [6, 6.07) is 4.54. The molecule has 1 fully saturated rings. The first-order chi connectivity index (χ1) is 9.52. The summed E-state index contributed by atoms with van der Waals surface area (Å²) in [4.78, 5) is 24.6. The molecule has 1 saturated heterocycles. The van der Waals surface area contributed by atoms with Crippen molar-refractivity contribution in [2.75, 3.05) is 20.1 Å². The summed E-state index contributed by atoms with van der Waals surface area (Å²) < 4.78 is 0.583. The number of benzene rings is 1. The van der Waals surface area contributed by atoms with Crippen molar-refractivity contribution >= 4 is 27.5 Å². The van der Waals surface area contributed by atoms with Crippen LogP contribution in [0.2, 0.25) is 0 Å². The molecule has 1 aromatic carbocycles. The molecule has 1 amide bonds. The third-order valence-corrected chi connectivity index (χ3v) is 4.20. The third kappa shape index (κ3) is 3.16. The molecule has 0 bridgehead atoms. The molecule has 6 nitrogen and oxygen atoms in total. The van der Waals surface area contributed by atoms with Gasteiger partial charge in [-0.2, -0.15) is 0 Å². The highest BCUT2D eigenvalue weighted by molar-refractivity contribution is 9.10. The normalized spacial score (nSPS) is 18.9. The van der Waals surface area contributed by atoms with Crippen LogP contribution in [0.4, 0.5) is 5.69 Å². The Labute approximate surface area is 125 Å². The van der Waals surface area contributed by atoms with E-state index in [9.17, 15) is 14.9 Å². The number of piperidine rings is 1. The molecule has 0 aliphatic carbocycles. The van der Waals surface area contributed by atoms with E-state index in [0.29, 0.717) is 23.1 Å². The number of nitrogens with one attached hydrogen (secondary N) is 1. The molecule has 7 heteroatoms. The molecule has 20 heavy (non-hydrogen) atoms. The van der Waals surface area contributed by atoms with Gasteiger partial charge in [0.25, 0.3) is 11.6 Å². The minimum absolute atomic E-state index is 0.0706. The lowest BCUT2D eigenvalue weighted by Gasteiger charge is -2.32. The Hall–Kier alpha value is -1.47. The fourth-order valence-electron chi connectivity index (χ4n) is 2.36. The maximum Gasteiger partial charge on any atom is 0.270 e.